The molecule has 0 unspecified atom stereocenters. The number of nitrogens with one attached hydrogen (secondary N) is 3. The third kappa shape index (κ3) is 6.33. The van der Waals surface area contributed by atoms with Crippen molar-refractivity contribution in [2.24, 2.45) is 4.99 Å². The molecule has 0 aliphatic carbocycles. The summed E-state index contributed by atoms with van der Waals surface area (Å²) < 4.78 is 10.5. The van der Waals surface area contributed by atoms with Gasteiger partial charge in [0.2, 0.25) is 0 Å². The summed E-state index contributed by atoms with van der Waals surface area (Å²) in [7, 11) is 5.42. The maximum absolute atomic E-state index is 10.8. The Labute approximate surface area is 196 Å². The number of H-pyrrole nitrogens is 1. The number of carbonyl (C=O) groups is 1. The summed E-state index contributed by atoms with van der Waals surface area (Å²) in [4.78, 5) is 28.8. The number of aliphatic carboxylic acids is 1. The fourth-order valence-corrected chi connectivity index (χ4v) is 3.21. The second-order valence-corrected chi connectivity index (χ2v) is 7.44. The number of carboxylic acid groups (broad SMARTS) is 1. The molecule has 34 heavy (non-hydrogen) atoms. The minimum atomic E-state index is -1.10. The number of hydrogen-bond acceptors (Lipinski definition) is 10. The average molecular weight is 472 g/mol. The Balaban J connectivity index is 1.82. The molecular weight excluding hydrogens is 442 g/mol. The average Bonchev–Trinajstić information content (AvgIpc) is 3.15. The number of fused-ring (bicyclic) bond motifs is 1. The van der Waals surface area contributed by atoms with E-state index in [1.54, 1.807) is 18.2 Å². The zero-order valence-corrected chi connectivity index (χ0v) is 19.3. The van der Waals surface area contributed by atoms with Crippen molar-refractivity contribution in [2.75, 3.05) is 59.3 Å². The first-order valence-corrected chi connectivity index (χ1v) is 10.6. The van der Waals surface area contributed by atoms with Gasteiger partial charge in [-0.2, -0.15) is 0 Å². The van der Waals surface area contributed by atoms with Crippen LogP contribution in [0.2, 0.25) is 0 Å². The second-order valence-electron chi connectivity index (χ2n) is 7.44. The predicted molar refractivity (Wildman–Crippen MR) is 129 cm³/mol. The lowest BCUT2D eigenvalue weighted by molar-refractivity contribution is -0.139. The van der Waals surface area contributed by atoms with Crippen LogP contribution in [0.15, 0.2) is 29.5 Å². The van der Waals surface area contributed by atoms with Gasteiger partial charge >= 0.3 is 5.97 Å². The molecule has 3 aromatic rings. The van der Waals surface area contributed by atoms with E-state index in [0.29, 0.717) is 40.4 Å². The molecule has 0 amide bonds. The highest BCUT2D eigenvalue weighted by molar-refractivity contribution is 6.06. The maximum Gasteiger partial charge on any atom is 0.341 e. The smallest absolute Gasteiger partial charge is 0.341 e. The van der Waals surface area contributed by atoms with Crippen LogP contribution >= 0.6 is 0 Å². The summed E-state index contributed by atoms with van der Waals surface area (Å²) in [6.45, 7) is 2.76. The van der Waals surface area contributed by atoms with E-state index in [1.807, 2.05) is 14.1 Å². The van der Waals surface area contributed by atoms with Crippen molar-refractivity contribution in [3.05, 3.63) is 30.1 Å². The molecule has 0 saturated carbocycles. The van der Waals surface area contributed by atoms with Gasteiger partial charge in [0.25, 0.3) is 0 Å². The van der Waals surface area contributed by atoms with Gasteiger partial charge in [-0.25, -0.2) is 14.8 Å². The topological polar surface area (TPSA) is 157 Å². The Morgan fingerprint density at radius 3 is 2.79 bits per heavy atom. The van der Waals surface area contributed by atoms with Crippen molar-refractivity contribution >= 4 is 34.7 Å². The van der Waals surface area contributed by atoms with E-state index in [4.69, 9.17) is 14.6 Å². The van der Waals surface area contributed by atoms with E-state index in [0.717, 1.165) is 19.6 Å². The number of anilines is 1. The minimum absolute atomic E-state index is 0.0932. The van der Waals surface area contributed by atoms with Gasteiger partial charge in [-0.1, -0.05) is 0 Å². The number of hydrogen-bond donors (Lipinski definition) is 5. The van der Waals surface area contributed by atoms with Crippen LogP contribution in [0.5, 0.6) is 17.4 Å². The molecule has 0 fully saturated rings. The quantitative estimate of drug-likeness (QED) is 0.231. The number of aromatic nitrogens is 3. The van der Waals surface area contributed by atoms with Crippen LogP contribution in [0.4, 0.5) is 11.5 Å². The van der Waals surface area contributed by atoms with Gasteiger partial charge in [0, 0.05) is 38.5 Å². The highest BCUT2D eigenvalue weighted by Gasteiger charge is 2.15. The van der Waals surface area contributed by atoms with Crippen LogP contribution in [0.25, 0.3) is 11.0 Å². The molecule has 2 heterocycles. The lowest BCUT2D eigenvalue weighted by Gasteiger charge is -2.16. The number of ether oxygens (including phenoxy) is 2. The molecule has 0 spiro atoms. The zero-order valence-electron chi connectivity index (χ0n) is 19.3. The fourth-order valence-electron chi connectivity index (χ4n) is 3.21. The first-order chi connectivity index (χ1) is 16.4. The Kier molecular flexibility index (Phi) is 8.60. The van der Waals surface area contributed by atoms with Gasteiger partial charge in [-0.15, -0.1) is 0 Å². The number of aromatic hydroxyl groups is 1. The van der Waals surface area contributed by atoms with Gasteiger partial charge in [-0.3, -0.25) is 4.99 Å². The Hall–Kier alpha value is -3.90. The number of rotatable bonds is 13. The molecule has 5 N–H and O–H groups in total. The Bertz CT molecular complexity index is 1150. The molecule has 1 aromatic carbocycles. The Morgan fingerprint density at radius 1 is 1.26 bits per heavy atom. The summed E-state index contributed by atoms with van der Waals surface area (Å²) in [6, 6.07) is 4.87. The van der Waals surface area contributed by atoms with E-state index in [9.17, 15) is 9.90 Å². The van der Waals surface area contributed by atoms with Gasteiger partial charge in [0.15, 0.2) is 24.0 Å². The van der Waals surface area contributed by atoms with Gasteiger partial charge < -0.3 is 40.2 Å². The molecule has 182 valence electrons. The van der Waals surface area contributed by atoms with Crippen LogP contribution in [-0.2, 0) is 4.79 Å². The molecule has 0 bridgehead atoms. The molecule has 12 heteroatoms. The van der Waals surface area contributed by atoms with E-state index in [2.05, 4.69) is 35.5 Å². The summed E-state index contributed by atoms with van der Waals surface area (Å²) in [5, 5.41) is 26.4. The van der Waals surface area contributed by atoms with Crippen molar-refractivity contribution in [3.8, 4) is 17.4 Å². The second kappa shape index (κ2) is 11.8. The van der Waals surface area contributed by atoms with Crippen LogP contribution in [0.1, 0.15) is 5.56 Å². The van der Waals surface area contributed by atoms with Gasteiger partial charge in [0.05, 0.1) is 23.7 Å². The SMILES string of the molecule is CNCCN(C)CCNc1ncnc2[nH]c(O)c(C=Nc3ccc(OC)c(OCC(=O)O)c3)c12. The van der Waals surface area contributed by atoms with Crippen LogP contribution in [0.3, 0.4) is 0 Å². The predicted octanol–water partition coefficient (Wildman–Crippen LogP) is 1.45. The fraction of sp³-hybridized carbons (Fsp3) is 0.364. The van der Waals surface area contributed by atoms with Crippen LogP contribution in [-0.4, -0.2) is 96.2 Å². The number of benzene rings is 1. The number of aromatic amines is 1. The number of carboxylic acids is 1. The monoisotopic (exact) mass is 471 g/mol. The van der Waals surface area contributed by atoms with E-state index >= 15 is 0 Å². The number of methoxy groups -OCH3 is 1. The van der Waals surface area contributed by atoms with Crippen molar-refractivity contribution < 1.29 is 24.5 Å². The molecule has 0 aliphatic heterocycles. The highest BCUT2D eigenvalue weighted by atomic mass is 16.5. The molecular formula is C22H29N7O5. The zero-order chi connectivity index (χ0) is 24.5. The van der Waals surface area contributed by atoms with Crippen molar-refractivity contribution in [2.45, 2.75) is 0 Å². The largest absolute Gasteiger partial charge is 0.494 e. The third-order valence-corrected chi connectivity index (χ3v) is 4.98. The standard InChI is InChI=1S/C22H29N7O5/c1-23-6-8-29(2)9-7-24-20-19-15(22(32)28-21(19)27-13-26-20)11-25-14-4-5-16(33-3)17(10-14)34-12-18(30)31/h4-5,10-11,13,23,32H,6-9,12H2,1-3H3,(H,30,31)(H2,24,26,27,28). The summed E-state index contributed by atoms with van der Waals surface area (Å²) in [6.07, 6.45) is 2.91. The van der Waals surface area contributed by atoms with E-state index in [1.165, 1.54) is 19.7 Å². The summed E-state index contributed by atoms with van der Waals surface area (Å²) in [5.74, 6) is 0.00736. The van der Waals surface area contributed by atoms with Crippen molar-refractivity contribution in [1.29, 1.82) is 0 Å². The Morgan fingerprint density at radius 2 is 2.06 bits per heavy atom. The van der Waals surface area contributed by atoms with E-state index < -0.39 is 12.6 Å². The minimum Gasteiger partial charge on any atom is -0.494 e. The van der Waals surface area contributed by atoms with E-state index in [-0.39, 0.29) is 11.6 Å². The summed E-state index contributed by atoms with van der Waals surface area (Å²) in [5.41, 5.74) is 1.37. The molecule has 12 nitrogen and oxygen atoms in total. The first kappa shape index (κ1) is 24.7. The number of nitrogens with zero attached hydrogens (tertiary/aromatic N) is 4. The molecule has 0 aliphatic rings. The molecule has 2 aromatic heterocycles. The van der Waals surface area contributed by atoms with Crippen LogP contribution in [0, 0.1) is 0 Å². The molecule has 0 saturated heterocycles. The van der Waals surface area contributed by atoms with Crippen LogP contribution < -0.4 is 20.1 Å². The van der Waals surface area contributed by atoms with Gasteiger partial charge in [0.1, 0.15) is 17.8 Å². The van der Waals surface area contributed by atoms with Crippen molar-refractivity contribution in [1.82, 2.24) is 25.2 Å². The van der Waals surface area contributed by atoms with Gasteiger partial charge in [-0.05, 0) is 26.2 Å². The number of likely N-dealkylation sites (N-methyl/N-ethyl adjacent to an activating group) is 2. The molecule has 0 atom stereocenters. The highest BCUT2D eigenvalue weighted by Crippen LogP contribution is 2.33. The lowest BCUT2D eigenvalue weighted by atomic mass is 10.2. The third-order valence-electron chi connectivity index (χ3n) is 4.98. The molecule has 3 rings (SSSR count). The lowest BCUT2D eigenvalue weighted by Crippen LogP contribution is -2.31. The van der Waals surface area contributed by atoms with Crippen molar-refractivity contribution in [3.63, 3.8) is 0 Å². The number of aliphatic imine (C=N–C) groups is 1. The molecule has 0 radical (unpaired) electrons. The normalized spacial score (nSPS) is 11.4. The summed E-state index contributed by atoms with van der Waals surface area (Å²) >= 11 is 0. The first-order valence-electron chi connectivity index (χ1n) is 10.6. The maximum atomic E-state index is 10.8.